The Balaban J connectivity index is 1.73. The van der Waals surface area contributed by atoms with Gasteiger partial charge in [-0.05, 0) is 54.5 Å². The number of rotatable bonds is 13. The highest BCUT2D eigenvalue weighted by Crippen LogP contribution is 2.23. The number of carbonyl (C=O) groups is 3. The summed E-state index contributed by atoms with van der Waals surface area (Å²) >= 11 is 0. The van der Waals surface area contributed by atoms with Gasteiger partial charge >= 0.3 is 0 Å². The number of nitrogens with zero attached hydrogens (tertiary/aromatic N) is 4. The van der Waals surface area contributed by atoms with Gasteiger partial charge in [-0.1, -0.05) is 91.0 Å². The molecule has 4 aromatic carbocycles. The van der Waals surface area contributed by atoms with Crippen molar-refractivity contribution in [3.63, 3.8) is 0 Å². The van der Waals surface area contributed by atoms with Crippen LogP contribution in [0.1, 0.15) is 40.0 Å². The maximum atomic E-state index is 14.7. The lowest BCUT2D eigenvalue weighted by Gasteiger charge is -2.36. The molecule has 0 bridgehead atoms. The van der Waals surface area contributed by atoms with Gasteiger partial charge in [0.2, 0.25) is 11.8 Å². The van der Waals surface area contributed by atoms with Crippen molar-refractivity contribution in [3.05, 3.63) is 119 Å². The molecule has 0 spiro atoms. The summed E-state index contributed by atoms with van der Waals surface area (Å²) in [7, 11) is 9.03. The van der Waals surface area contributed by atoms with Gasteiger partial charge in [0.05, 0.1) is 0 Å². The number of fused-ring (bicyclic) bond motifs is 1. The zero-order chi connectivity index (χ0) is 33.4. The van der Waals surface area contributed by atoms with Gasteiger partial charge in [0.15, 0.2) is 0 Å². The lowest BCUT2D eigenvalue weighted by molar-refractivity contribution is -0.146. The number of likely N-dealkylation sites (N-methyl/N-ethyl adjacent to an activating group) is 4. The van der Waals surface area contributed by atoms with E-state index in [4.69, 9.17) is 5.73 Å². The van der Waals surface area contributed by atoms with Crippen LogP contribution in [0, 0.1) is 0 Å². The Morgan fingerprint density at radius 3 is 1.89 bits per heavy atom. The molecule has 8 nitrogen and oxygen atoms in total. The molecule has 3 atom stereocenters. The first-order chi connectivity index (χ1) is 22.0. The number of hydrogen-bond acceptors (Lipinski definition) is 5. The summed E-state index contributed by atoms with van der Waals surface area (Å²) < 4.78 is 0. The summed E-state index contributed by atoms with van der Waals surface area (Å²) in [4.78, 5) is 49.5. The second-order valence-electron chi connectivity index (χ2n) is 12.4. The van der Waals surface area contributed by atoms with Gasteiger partial charge in [-0.25, -0.2) is 0 Å². The molecule has 2 N–H and O–H groups in total. The van der Waals surface area contributed by atoms with Crippen molar-refractivity contribution in [2.75, 3.05) is 48.3 Å². The molecule has 0 aromatic heterocycles. The minimum atomic E-state index is -0.877. The number of hydrogen-bond donors (Lipinski definition) is 1. The minimum absolute atomic E-state index is 0.151. The van der Waals surface area contributed by atoms with Gasteiger partial charge in [-0.15, -0.1) is 0 Å². The van der Waals surface area contributed by atoms with E-state index in [2.05, 4.69) is 6.07 Å². The van der Waals surface area contributed by atoms with E-state index in [1.54, 1.807) is 38.2 Å². The Morgan fingerprint density at radius 1 is 0.630 bits per heavy atom. The van der Waals surface area contributed by atoms with E-state index in [9.17, 15) is 14.4 Å². The van der Waals surface area contributed by atoms with Crippen molar-refractivity contribution in [3.8, 4) is 0 Å². The van der Waals surface area contributed by atoms with Gasteiger partial charge < -0.3 is 25.3 Å². The lowest BCUT2D eigenvalue weighted by Crippen LogP contribution is -2.56. The standard InChI is InChI=1S/C38H47N5O3/c1-27(39)32-18-12-13-19-33(32)36(44)42(5)35(26-29-20-21-30-16-10-11-17-31(30)24-29)38(46)43(6)34(25-28-14-8-7-9-15-28)37(45)41(4)23-22-40(2)3/h7-21,24,27,34-35H,22-23,25-26,39H2,1-6H3/t27?,34-,35-/m1/s1. The third kappa shape index (κ3) is 8.38. The SMILES string of the molecule is CC(N)c1ccccc1C(=O)N(C)[C@H](Cc1ccc2ccccc2c1)C(=O)N(C)[C@H](Cc1ccccc1)C(=O)N(C)CCN(C)C. The molecular formula is C38H47N5O3. The van der Waals surface area contributed by atoms with E-state index < -0.39 is 12.1 Å². The smallest absolute Gasteiger partial charge is 0.254 e. The summed E-state index contributed by atoms with van der Waals surface area (Å²) in [5.41, 5.74) is 9.27. The highest BCUT2D eigenvalue weighted by atomic mass is 16.2. The Kier molecular flexibility index (Phi) is 11.7. The van der Waals surface area contributed by atoms with Crippen LogP contribution in [0.5, 0.6) is 0 Å². The van der Waals surface area contributed by atoms with Crippen LogP contribution >= 0.6 is 0 Å². The summed E-state index contributed by atoms with van der Waals surface area (Å²) in [5.74, 6) is -0.755. The van der Waals surface area contributed by atoms with Gasteiger partial charge in [0.25, 0.3) is 5.91 Å². The topological polar surface area (TPSA) is 90.2 Å². The second-order valence-corrected chi connectivity index (χ2v) is 12.4. The number of amides is 3. The molecule has 3 amide bonds. The van der Waals surface area contributed by atoms with E-state index in [1.165, 1.54) is 9.80 Å². The van der Waals surface area contributed by atoms with Gasteiger partial charge in [-0.2, -0.15) is 0 Å². The molecule has 0 heterocycles. The van der Waals surface area contributed by atoms with E-state index in [-0.39, 0.29) is 30.2 Å². The van der Waals surface area contributed by atoms with Gasteiger partial charge in [0, 0.05) is 58.7 Å². The average molecular weight is 622 g/mol. The third-order valence-corrected chi connectivity index (χ3v) is 8.63. The molecule has 1 unspecified atom stereocenters. The summed E-state index contributed by atoms with van der Waals surface area (Å²) in [6.45, 7) is 3.05. The van der Waals surface area contributed by atoms with Crippen molar-refractivity contribution in [1.82, 2.24) is 19.6 Å². The molecule has 46 heavy (non-hydrogen) atoms. The zero-order valence-electron chi connectivity index (χ0n) is 27.9. The molecule has 4 aromatic rings. The van der Waals surface area contributed by atoms with Gasteiger partial charge in [-0.3, -0.25) is 14.4 Å². The van der Waals surface area contributed by atoms with Crippen molar-refractivity contribution in [1.29, 1.82) is 0 Å². The molecule has 0 aliphatic carbocycles. The third-order valence-electron chi connectivity index (χ3n) is 8.63. The molecule has 0 fully saturated rings. The summed E-state index contributed by atoms with van der Waals surface area (Å²) in [6.07, 6.45) is 0.626. The molecule has 0 saturated carbocycles. The average Bonchev–Trinajstić information content (AvgIpc) is 3.07. The second kappa shape index (κ2) is 15.7. The number of nitrogens with two attached hydrogens (primary N) is 1. The predicted octanol–water partition coefficient (Wildman–Crippen LogP) is 4.63. The monoisotopic (exact) mass is 621 g/mol. The Morgan fingerprint density at radius 2 is 1.22 bits per heavy atom. The molecule has 4 rings (SSSR count). The van der Waals surface area contributed by atoms with Crippen LogP contribution < -0.4 is 5.73 Å². The van der Waals surface area contributed by atoms with Crippen molar-refractivity contribution < 1.29 is 14.4 Å². The maximum absolute atomic E-state index is 14.7. The maximum Gasteiger partial charge on any atom is 0.254 e. The Labute approximate surface area is 273 Å². The van der Waals surface area contributed by atoms with E-state index >= 15 is 0 Å². The summed E-state index contributed by atoms with van der Waals surface area (Å²) in [6, 6.07) is 29.1. The quantitative estimate of drug-likeness (QED) is 0.235. The number of benzene rings is 4. The first-order valence-corrected chi connectivity index (χ1v) is 15.8. The Bertz CT molecular complexity index is 1640. The number of carbonyl (C=O) groups excluding carboxylic acids is 3. The Hall–Kier alpha value is -4.53. The highest BCUT2D eigenvalue weighted by Gasteiger charge is 2.37. The van der Waals surface area contributed by atoms with E-state index in [0.29, 0.717) is 30.6 Å². The van der Waals surface area contributed by atoms with Crippen LogP contribution in [0.25, 0.3) is 10.8 Å². The lowest BCUT2D eigenvalue weighted by atomic mass is 9.96. The fourth-order valence-corrected chi connectivity index (χ4v) is 5.73. The van der Waals surface area contributed by atoms with E-state index in [1.807, 2.05) is 105 Å². The molecule has 8 heteroatoms. The zero-order valence-corrected chi connectivity index (χ0v) is 27.9. The van der Waals surface area contributed by atoms with Crippen LogP contribution in [-0.2, 0) is 22.4 Å². The van der Waals surface area contributed by atoms with Crippen LogP contribution in [0.15, 0.2) is 97.1 Å². The minimum Gasteiger partial charge on any atom is -0.343 e. The van der Waals surface area contributed by atoms with Crippen LogP contribution in [-0.4, -0.2) is 97.7 Å². The largest absolute Gasteiger partial charge is 0.343 e. The highest BCUT2D eigenvalue weighted by molar-refractivity contribution is 5.99. The molecule has 242 valence electrons. The first kappa shape index (κ1) is 34.3. The van der Waals surface area contributed by atoms with Gasteiger partial charge in [0.1, 0.15) is 12.1 Å². The first-order valence-electron chi connectivity index (χ1n) is 15.8. The van der Waals surface area contributed by atoms with Crippen LogP contribution in [0.4, 0.5) is 0 Å². The van der Waals surface area contributed by atoms with Crippen molar-refractivity contribution in [2.45, 2.75) is 37.9 Å². The summed E-state index contributed by atoms with van der Waals surface area (Å²) in [5, 5.41) is 2.14. The van der Waals surface area contributed by atoms with Crippen LogP contribution in [0.3, 0.4) is 0 Å². The molecule has 0 saturated heterocycles. The van der Waals surface area contributed by atoms with E-state index in [0.717, 1.165) is 21.9 Å². The molecule has 0 aliphatic heterocycles. The predicted molar refractivity (Wildman–Crippen MR) is 185 cm³/mol. The van der Waals surface area contributed by atoms with Crippen molar-refractivity contribution >= 4 is 28.5 Å². The molecule has 0 radical (unpaired) electrons. The fourth-order valence-electron chi connectivity index (χ4n) is 5.73. The fraction of sp³-hybridized carbons (Fsp3) is 0.342. The van der Waals surface area contributed by atoms with Crippen molar-refractivity contribution in [2.24, 2.45) is 5.73 Å². The normalized spacial score (nSPS) is 13.2. The van der Waals surface area contributed by atoms with Crippen LogP contribution in [0.2, 0.25) is 0 Å². The molecular weight excluding hydrogens is 574 g/mol. The molecule has 0 aliphatic rings.